The van der Waals surface area contributed by atoms with Crippen LogP contribution >= 0.6 is 0 Å². The zero-order valence-corrected chi connectivity index (χ0v) is 13.7. The molecule has 130 valence electrons. The predicted octanol–water partition coefficient (Wildman–Crippen LogP) is 0.183. The van der Waals surface area contributed by atoms with Gasteiger partial charge in [0.05, 0.1) is 12.8 Å². The number of hydrogen-bond acceptors (Lipinski definition) is 6. The molecule has 24 heavy (non-hydrogen) atoms. The molecule has 0 saturated carbocycles. The molecule has 9 nitrogen and oxygen atoms in total. The molecule has 0 atom stereocenters. The van der Waals surface area contributed by atoms with Gasteiger partial charge in [0.25, 0.3) is 16.0 Å². The van der Waals surface area contributed by atoms with E-state index in [9.17, 15) is 22.8 Å². The number of piperidine rings is 1. The lowest BCUT2D eigenvalue weighted by Gasteiger charge is -2.32. The number of anilines is 1. The molecular formula is C14H17N3O6S. The molecule has 1 saturated heterocycles. The van der Waals surface area contributed by atoms with Crippen LogP contribution in [0, 0.1) is 0 Å². The Morgan fingerprint density at radius 2 is 1.67 bits per heavy atom. The minimum absolute atomic E-state index is 0.179. The number of benzene rings is 1. The van der Waals surface area contributed by atoms with Crippen LogP contribution in [0.3, 0.4) is 0 Å². The van der Waals surface area contributed by atoms with Gasteiger partial charge in [0.2, 0.25) is 11.8 Å². The average molecular weight is 355 g/mol. The first kappa shape index (κ1) is 17.9. The molecule has 2 heterocycles. The first-order valence-corrected chi connectivity index (χ1v) is 8.92. The van der Waals surface area contributed by atoms with Gasteiger partial charge < -0.3 is 5.73 Å². The monoisotopic (exact) mass is 355 g/mol. The number of carbonyl (C=O) groups excluding carboxylic acids is 3. The highest BCUT2D eigenvalue weighted by Gasteiger charge is 2.39. The van der Waals surface area contributed by atoms with Gasteiger partial charge in [0, 0.05) is 29.7 Å². The summed E-state index contributed by atoms with van der Waals surface area (Å²) in [6.07, 6.45) is 1.85. The van der Waals surface area contributed by atoms with Crippen LogP contribution in [0.1, 0.15) is 35.2 Å². The predicted molar refractivity (Wildman–Crippen MR) is 83.9 cm³/mol. The fourth-order valence-corrected chi connectivity index (χ4v) is 2.51. The topological polar surface area (TPSA) is 138 Å². The summed E-state index contributed by atoms with van der Waals surface area (Å²) in [5.41, 5.74) is 7.48. The molecule has 0 spiro atoms. The van der Waals surface area contributed by atoms with Crippen LogP contribution in [0.2, 0.25) is 0 Å². The minimum Gasteiger partial charge on any atom is -0.398 e. The molecule has 3 rings (SSSR count). The number of rotatable bonds is 1. The van der Waals surface area contributed by atoms with Gasteiger partial charge in [0.15, 0.2) is 0 Å². The molecule has 3 N–H and O–H groups in total. The van der Waals surface area contributed by atoms with E-state index in [4.69, 9.17) is 10.3 Å². The van der Waals surface area contributed by atoms with E-state index >= 15 is 0 Å². The fraction of sp³-hybridized carbons (Fsp3) is 0.357. The molecule has 0 radical (unpaired) electrons. The van der Waals surface area contributed by atoms with Crippen molar-refractivity contribution in [3.05, 3.63) is 29.3 Å². The minimum atomic E-state index is -3.67. The van der Waals surface area contributed by atoms with Gasteiger partial charge in [-0.05, 0) is 18.6 Å². The van der Waals surface area contributed by atoms with Crippen LogP contribution < -0.4 is 5.73 Å². The van der Waals surface area contributed by atoms with Gasteiger partial charge in [-0.25, -0.2) is 5.01 Å². The summed E-state index contributed by atoms with van der Waals surface area (Å²) in [6, 6.07) is 5.05. The van der Waals surface area contributed by atoms with Crippen LogP contribution in [-0.2, 0) is 26.3 Å². The van der Waals surface area contributed by atoms with Crippen molar-refractivity contribution in [1.29, 1.82) is 0 Å². The Morgan fingerprint density at radius 3 is 2.17 bits per heavy atom. The summed E-state index contributed by atoms with van der Waals surface area (Å²) >= 11 is 0. The Labute approximate surface area is 138 Å². The number of hydrogen-bond donors (Lipinski definition) is 2. The molecule has 1 aromatic rings. The van der Waals surface area contributed by atoms with E-state index in [1.807, 2.05) is 0 Å². The third-order valence-corrected chi connectivity index (χ3v) is 3.48. The van der Waals surface area contributed by atoms with Gasteiger partial charge in [-0.2, -0.15) is 13.4 Å². The Hall–Kier alpha value is -2.46. The van der Waals surface area contributed by atoms with Crippen molar-refractivity contribution in [3.63, 3.8) is 0 Å². The van der Waals surface area contributed by atoms with Crippen LogP contribution in [0.4, 0.5) is 5.69 Å². The summed E-state index contributed by atoms with van der Waals surface area (Å²) in [5.74, 6) is -0.988. The molecule has 0 unspecified atom stereocenters. The molecular weight excluding hydrogens is 338 g/mol. The van der Waals surface area contributed by atoms with Crippen molar-refractivity contribution in [2.75, 3.05) is 12.0 Å². The Bertz CT molecular complexity index is 781. The molecule has 3 amide bonds. The van der Waals surface area contributed by atoms with Gasteiger partial charge in [-0.15, -0.1) is 0 Å². The van der Waals surface area contributed by atoms with E-state index in [1.165, 1.54) is 5.01 Å². The quantitative estimate of drug-likeness (QED) is 0.416. The normalized spacial score (nSPS) is 17.5. The summed E-state index contributed by atoms with van der Waals surface area (Å²) < 4.78 is 25.9. The second-order valence-electron chi connectivity index (χ2n) is 5.42. The first-order valence-electron chi connectivity index (χ1n) is 7.07. The first-order chi connectivity index (χ1) is 11.1. The summed E-state index contributed by atoms with van der Waals surface area (Å²) in [4.78, 5) is 36.0. The molecule has 1 aromatic carbocycles. The largest absolute Gasteiger partial charge is 0.398 e. The second-order valence-corrected chi connectivity index (χ2v) is 6.89. The maximum absolute atomic E-state index is 12.3. The molecule has 2 aliphatic rings. The molecule has 2 aliphatic heterocycles. The lowest BCUT2D eigenvalue weighted by Crippen LogP contribution is -2.52. The van der Waals surface area contributed by atoms with Crippen LogP contribution in [-0.4, -0.2) is 47.0 Å². The highest BCUT2D eigenvalue weighted by atomic mass is 32.2. The molecule has 0 bridgehead atoms. The third-order valence-electron chi connectivity index (χ3n) is 3.48. The van der Waals surface area contributed by atoms with Crippen molar-refractivity contribution in [1.82, 2.24) is 10.0 Å². The van der Waals surface area contributed by atoms with E-state index in [-0.39, 0.29) is 24.3 Å². The number of amides is 3. The van der Waals surface area contributed by atoms with E-state index in [2.05, 4.69) is 0 Å². The third kappa shape index (κ3) is 3.89. The van der Waals surface area contributed by atoms with E-state index in [0.29, 0.717) is 42.3 Å². The van der Waals surface area contributed by atoms with Crippen molar-refractivity contribution < 1.29 is 27.4 Å². The Balaban J connectivity index is 0.000000368. The second kappa shape index (κ2) is 6.57. The molecule has 10 heteroatoms. The van der Waals surface area contributed by atoms with Crippen molar-refractivity contribution in [3.8, 4) is 0 Å². The van der Waals surface area contributed by atoms with Crippen molar-refractivity contribution >= 4 is 33.5 Å². The maximum atomic E-state index is 12.3. The number of fused-ring (bicyclic) bond motifs is 1. The van der Waals surface area contributed by atoms with E-state index in [0.717, 1.165) is 5.01 Å². The maximum Gasteiger partial charge on any atom is 0.273 e. The standard InChI is InChI=1S/C13H13N3O3.CH4O3S/c14-10-4-1-3-8-9(10)7-15(13(8)19)16-11(17)5-2-6-12(16)18;1-5(2,3)4/h1,3-4H,2,5-7,14H2;1H3,(H,2,3,4). The lowest BCUT2D eigenvalue weighted by molar-refractivity contribution is -0.163. The zero-order chi connectivity index (χ0) is 18.1. The van der Waals surface area contributed by atoms with E-state index in [1.54, 1.807) is 18.2 Å². The van der Waals surface area contributed by atoms with Crippen LogP contribution in [0.25, 0.3) is 0 Å². The number of carbonyl (C=O) groups is 3. The number of hydrazine groups is 1. The highest BCUT2D eigenvalue weighted by Crippen LogP contribution is 2.30. The van der Waals surface area contributed by atoms with E-state index < -0.39 is 10.1 Å². The molecule has 0 aromatic heterocycles. The smallest absolute Gasteiger partial charge is 0.273 e. The van der Waals surface area contributed by atoms with Crippen molar-refractivity contribution in [2.45, 2.75) is 25.8 Å². The van der Waals surface area contributed by atoms with Gasteiger partial charge in [0.1, 0.15) is 0 Å². The van der Waals surface area contributed by atoms with Gasteiger partial charge >= 0.3 is 0 Å². The van der Waals surface area contributed by atoms with Crippen molar-refractivity contribution in [2.24, 2.45) is 0 Å². The Morgan fingerprint density at radius 1 is 1.12 bits per heavy atom. The summed E-state index contributed by atoms with van der Waals surface area (Å²) in [5, 5.41) is 2.18. The van der Waals surface area contributed by atoms with Gasteiger partial charge in [-0.3, -0.25) is 18.9 Å². The molecule has 0 aliphatic carbocycles. The Kier molecular flexibility index (Phi) is 4.90. The molecule has 1 fully saturated rings. The SMILES string of the molecule is CS(=O)(=O)O.Nc1cccc2c1CN(N1C(=O)CCCC1=O)C2=O. The zero-order valence-electron chi connectivity index (χ0n) is 12.9. The number of nitrogens with two attached hydrogens (primary N) is 1. The number of nitrogens with zero attached hydrogens (tertiary/aromatic N) is 2. The summed E-state index contributed by atoms with van der Waals surface area (Å²) in [7, 11) is -3.67. The average Bonchev–Trinajstić information content (AvgIpc) is 2.76. The number of nitrogen functional groups attached to an aromatic ring is 1. The summed E-state index contributed by atoms with van der Waals surface area (Å²) in [6.45, 7) is 0.179. The lowest BCUT2D eigenvalue weighted by atomic mass is 10.1. The van der Waals surface area contributed by atoms with Gasteiger partial charge in [-0.1, -0.05) is 6.07 Å². The van der Waals surface area contributed by atoms with Crippen LogP contribution in [0.15, 0.2) is 18.2 Å². The fourth-order valence-electron chi connectivity index (χ4n) is 2.51. The highest BCUT2D eigenvalue weighted by molar-refractivity contribution is 7.85. The van der Waals surface area contributed by atoms with Crippen LogP contribution in [0.5, 0.6) is 0 Å². The number of imide groups is 1.